The molecule has 4 nitrogen and oxygen atoms in total. The van der Waals surface area contributed by atoms with Gasteiger partial charge in [-0.15, -0.1) is 0 Å². The van der Waals surface area contributed by atoms with E-state index in [-0.39, 0.29) is 5.78 Å². The van der Waals surface area contributed by atoms with E-state index in [1.54, 1.807) is 6.20 Å². The van der Waals surface area contributed by atoms with Gasteiger partial charge in [0, 0.05) is 48.3 Å². The number of anilines is 1. The molecule has 0 saturated carbocycles. The molecule has 0 radical (unpaired) electrons. The topological polar surface area (TPSA) is 36.4 Å². The molecule has 1 aliphatic rings. The number of nitrogens with zero attached hydrogens (tertiary/aromatic N) is 3. The Kier molecular flexibility index (Phi) is 4.62. The summed E-state index contributed by atoms with van der Waals surface area (Å²) in [6.07, 6.45) is 1.71. The third kappa shape index (κ3) is 3.18. The van der Waals surface area contributed by atoms with Crippen molar-refractivity contribution in [1.82, 2.24) is 9.88 Å². The minimum absolute atomic E-state index is 0.00564. The minimum atomic E-state index is -0.00564. The fraction of sp³-hybridized carbons (Fsp3) is 0.238. The molecule has 132 valence electrons. The first-order chi connectivity index (χ1) is 12.6. The van der Waals surface area contributed by atoms with Crippen LogP contribution in [0.3, 0.4) is 0 Å². The van der Waals surface area contributed by atoms with Gasteiger partial charge in [0.25, 0.3) is 0 Å². The molecule has 0 spiro atoms. The number of carbonyl (C=O) groups excluding carboxylic acids is 1. The fourth-order valence-electron chi connectivity index (χ4n) is 3.43. The zero-order chi connectivity index (χ0) is 18.1. The van der Waals surface area contributed by atoms with Gasteiger partial charge >= 0.3 is 0 Å². The molecule has 1 saturated heterocycles. The Morgan fingerprint density at radius 2 is 1.77 bits per heavy atom. The average Bonchev–Trinajstić information content (AvgIpc) is 2.68. The van der Waals surface area contributed by atoms with Crippen molar-refractivity contribution in [3.63, 3.8) is 0 Å². The second kappa shape index (κ2) is 7.06. The van der Waals surface area contributed by atoms with Crippen molar-refractivity contribution < 1.29 is 4.79 Å². The van der Waals surface area contributed by atoms with Gasteiger partial charge in [-0.1, -0.05) is 41.9 Å². The largest absolute Gasteiger partial charge is 0.368 e. The normalized spacial score (nSPS) is 15.4. The Bertz CT molecular complexity index is 950. The van der Waals surface area contributed by atoms with Crippen LogP contribution in [0.2, 0.25) is 5.02 Å². The number of halogens is 1. The molecule has 3 aromatic rings. The highest BCUT2D eigenvalue weighted by Gasteiger charge is 2.24. The molecule has 0 aliphatic carbocycles. The molecule has 0 amide bonds. The number of hydrogen-bond donors (Lipinski definition) is 0. The maximum absolute atomic E-state index is 13.2. The Morgan fingerprint density at radius 1 is 1.04 bits per heavy atom. The summed E-state index contributed by atoms with van der Waals surface area (Å²) in [5.41, 5.74) is 3.11. The van der Waals surface area contributed by atoms with Gasteiger partial charge in [0.15, 0.2) is 5.78 Å². The molecule has 26 heavy (non-hydrogen) atoms. The number of carbonyl (C=O) groups is 1. The van der Waals surface area contributed by atoms with Crippen molar-refractivity contribution in [2.24, 2.45) is 0 Å². The highest BCUT2D eigenvalue weighted by atomic mass is 35.5. The van der Waals surface area contributed by atoms with E-state index in [9.17, 15) is 4.79 Å². The maximum atomic E-state index is 13.2. The molecule has 0 atom stereocenters. The number of hydrogen-bond acceptors (Lipinski definition) is 4. The van der Waals surface area contributed by atoms with Crippen LogP contribution in [0.5, 0.6) is 0 Å². The zero-order valence-corrected chi connectivity index (χ0v) is 15.4. The Morgan fingerprint density at radius 3 is 2.50 bits per heavy atom. The maximum Gasteiger partial charge on any atom is 0.196 e. The predicted octanol–water partition coefficient (Wildman–Crippen LogP) is 3.87. The van der Waals surface area contributed by atoms with E-state index in [2.05, 4.69) is 21.8 Å². The Hall–Kier alpha value is -2.43. The summed E-state index contributed by atoms with van der Waals surface area (Å²) in [6, 6.07) is 15.0. The molecule has 2 heterocycles. The van der Waals surface area contributed by atoms with E-state index in [0.717, 1.165) is 42.8 Å². The van der Waals surface area contributed by atoms with Crippen LogP contribution in [0.15, 0.2) is 54.7 Å². The molecule has 1 aliphatic heterocycles. The van der Waals surface area contributed by atoms with E-state index >= 15 is 0 Å². The molecule has 1 aromatic heterocycles. The molecule has 0 unspecified atom stereocenters. The van der Waals surface area contributed by atoms with Crippen LogP contribution in [-0.4, -0.2) is 48.9 Å². The lowest BCUT2D eigenvalue weighted by Crippen LogP contribution is -2.45. The zero-order valence-electron chi connectivity index (χ0n) is 14.7. The smallest absolute Gasteiger partial charge is 0.196 e. The van der Waals surface area contributed by atoms with Gasteiger partial charge in [-0.05, 0) is 25.2 Å². The SMILES string of the molecule is CN1CCN(c2c(C(=O)c3ccccc3)cnc3ccc(Cl)cc23)CC1. The molecule has 0 N–H and O–H groups in total. The van der Waals surface area contributed by atoms with Crippen LogP contribution >= 0.6 is 11.6 Å². The third-order valence-corrected chi connectivity index (χ3v) is 5.14. The summed E-state index contributed by atoms with van der Waals surface area (Å²) < 4.78 is 0. The van der Waals surface area contributed by atoms with Crippen molar-refractivity contribution in [3.05, 3.63) is 70.9 Å². The number of piperazine rings is 1. The highest BCUT2D eigenvalue weighted by Crippen LogP contribution is 2.33. The van der Waals surface area contributed by atoms with E-state index < -0.39 is 0 Å². The van der Waals surface area contributed by atoms with Gasteiger partial charge in [0.05, 0.1) is 16.8 Å². The van der Waals surface area contributed by atoms with Gasteiger partial charge in [-0.2, -0.15) is 0 Å². The van der Waals surface area contributed by atoms with Gasteiger partial charge in [0.1, 0.15) is 0 Å². The van der Waals surface area contributed by atoms with Gasteiger partial charge in [0.2, 0.25) is 0 Å². The van der Waals surface area contributed by atoms with Crippen molar-refractivity contribution in [2.75, 3.05) is 38.1 Å². The molecular formula is C21H20ClN3O. The first-order valence-corrected chi connectivity index (χ1v) is 9.13. The molecule has 2 aromatic carbocycles. The van der Waals surface area contributed by atoms with Crippen LogP contribution in [0.25, 0.3) is 10.9 Å². The lowest BCUT2D eigenvalue weighted by atomic mass is 9.99. The monoisotopic (exact) mass is 365 g/mol. The Balaban J connectivity index is 1.89. The summed E-state index contributed by atoms with van der Waals surface area (Å²) >= 11 is 6.26. The number of fused-ring (bicyclic) bond motifs is 1. The fourth-order valence-corrected chi connectivity index (χ4v) is 3.60. The van der Waals surface area contributed by atoms with Crippen LogP contribution in [0.1, 0.15) is 15.9 Å². The second-order valence-electron chi connectivity index (χ2n) is 6.67. The predicted molar refractivity (Wildman–Crippen MR) is 106 cm³/mol. The van der Waals surface area contributed by atoms with Gasteiger partial charge in [-0.3, -0.25) is 9.78 Å². The lowest BCUT2D eigenvalue weighted by molar-refractivity contribution is 0.103. The quantitative estimate of drug-likeness (QED) is 0.660. The number of benzene rings is 2. The molecular weight excluding hydrogens is 346 g/mol. The van der Waals surface area contributed by atoms with Gasteiger partial charge in [-0.25, -0.2) is 0 Å². The Labute approximate surface area is 158 Å². The van der Waals surface area contributed by atoms with Crippen LogP contribution in [-0.2, 0) is 0 Å². The average molecular weight is 366 g/mol. The van der Waals surface area contributed by atoms with E-state index in [4.69, 9.17) is 11.6 Å². The summed E-state index contributed by atoms with van der Waals surface area (Å²) in [5.74, 6) is -0.00564. The first kappa shape index (κ1) is 17.0. The van der Waals surface area contributed by atoms with Crippen molar-refractivity contribution in [2.45, 2.75) is 0 Å². The van der Waals surface area contributed by atoms with E-state index in [0.29, 0.717) is 16.1 Å². The number of ketones is 1. The molecule has 5 heteroatoms. The number of rotatable bonds is 3. The third-order valence-electron chi connectivity index (χ3n) is 4.90. The van der Waals surface area contributed by atoms with Crippen LogP contribution < -0.4 is 4.90 Å². The number of pyridine rings is 1. The second-order valence-corrected chi connectivity index (χ2v) is 7.10. The van der Waals surface area contributed by atoms with Crippen LogP contribution in [0.4, 0.5) is 5.69 Å². The number of aromatic nitrogens is 1. The van der Waals surface area contributed by atoms with Crippen LogP contribution in [0, 0.1) is 0 Å². The molecule has 0 bridgehead atoms. The summed E-state index contributed by atoms with van der Waals surface area (Å²) in [5, 5.41) is 1.59. The van der Waals surface area contributed by atoms with E-state index in [1.165, 1.54) is 0 Å². The summed E-state index contributed by atoms with van der Waals surface area (Å²) in [6.45, 7) is 3.67. The summed E-state index contributed by atoms with van der Waals surface area (Å²) in [7, 11) is 2.12. The van der Waals surface area contributed by atoms with Crippen molar-refractivity contribution in [1.29, 1.82) is 0 Å². The molecule has 4 rings (SSSR count). The minimum Gasteiger partial charge on any atom is -0.368 e. The van der Waals surface area contributed by atoms with E-state index in [1.807, 2.05) is 48.5 Å². The lowest BCUT2D eigenvalue weighted by Gasteiger charge is -2.35. The first-order valence-electron chi connectivity index (χ1n) is 8.75. The van der Waals surface area contributed by atoms with Gasteiger partial charge < -0.3 is 9.80 Å². The number of likely N-dealkylation sites (N-methyl/N-ethyl adjacent to an activating group) is 1. The standard InChI is InChI=1S/C21H20ClN3O/c1-24-9-11-25(12-10-24)20-17-13-16(22)7-8-19(17)23-14-18(20)21(26)15-5-3-2-4-6-15/h2-8,13-14H,9-12H2,1H3. The van der Waals surface area contributed by atoms with Crippen molar-refractivity contribution in [3.8, 4) is 0 Å². The molecule has 1 fully saturated rings. The van der Waals surface area contributed by atoms with Crippen molar-refractivity contribution >= 4 is 34.0 Å². The highest BCUT2D eigenvalue weighted by molar-refractivity contribution is 6.31. The summed E-state index contributed by atoms with van der Waals surface area (Å²) in [4.78, 5) is 22.3.